The van der Waals surface area contributed by atoms with E-state index in [0.717, 1.165) is 16.7 Å². The molecule has 0 spiro atoms. The summed E-state index contributed by atoms with van der Waals surface area (Å²) in [6.45, 7) is 8.40. The molecule has 0 saturated carbocycles. The molecule has 2 heterocycles. The minimum Gasteiger partial charge on any atom is -0.472 e. The van der Waals surface area contributed by atoms with Crippen molar-refractivity contribution in [1.82, 2.24) is 19.7 Å². The van der Waals surface area contributed by atoms with Crippen molar-refractivity contribution >= 4 is 26.6 Å². The smallest absolute Gasteiger partial charge is 0.316 e. The van der Waals surface area contributed by atoms with Crippen LogP contribution in [0.2, 0.25) is 0 Å². The second-order valence-electron chi connectivity index (χ2n) is 10.3. The summed E-state index contributed by atoms with van der Waals surface area (Å²) in [6, 6.07) is 14.6. The first-order valence-electron chi connectivity index (χ1n) is 12.5. The van der Waals surface area contributed by atoms with Crippen LogP contribution in [0.5, 0.6) is 11.9 Å². The molecule has 1 N–H and O–H groups in total. The number of hydrogen-bond acceptors (Lipinski definition) is 8. The van der Waals surface area contributed by atoms with Gasteiger partial charge in [-0.3, -0.25) is 8.93 Å². The molecule has 0 amide bonds. The van der Waals surface area contributed by atoms with Gasteiger partial charge < -0.3 is 9.47 Å². The van der Waals surface area contributed by atoms with Gasteiger partial charge in [-0.2, -0.15) is 0 Å². The highest BCUT2D eigenvalue weighted by Crippen LogP contribution is 2.38. The zero-order chi connectivity index (χ0) is 29.1. The summed E-state index contributed by atoms with van der Waals surface area (Å²) in [4.78, 5) is 8.73. The lowest BCUT2D eigenvalue weighted by molar-refractivity contribution is 0.201. The predicted molar refractivity (Wildman–Crippen MR) is 155 cm³/mol. The van der Waals surface area contributed by atoms with Crippen LogP contribution in [-0.2, 0) is 33.3 Å². The van der Waals surface area contributed by atoms with Gasteiger partial charge in [0.2, 0.25) is 5.88 Å². The minimum absolute atomic E-state index is 0.0984. The lowest BCUT2D eigenvalue weighted by atomic mass is 9.87. The molecule has 4 rings (SSSR count). The van der Waals surface area contributed by atoms with E-state index in [0.29, 0.717) is 10.5 Å². The number of ether oxygens (including phenoxy) is 2. The maximum absolute atomic E-state index is 13.4. The Morgan fingerprint density at radius 1 is 0.950 bits per heavy atom. The minimum atomic E-state index is -3.92. The van der Waals surface area contributed by atoms with Gasteiger partial charge in [0.05, 0.1) is 38.5 Å². The fourth-order valence-corrected chi connectivity index (χ4v) is 5.32. The average Bonchev–Trinajstić information content (AvgIpc) is 3.21. The SMILES string of the molecule is Cc1ccc(-c2c(OCCOc3ncc(S(C)=O)cn3)nn(C)c2NS(=O)(=O)c2ccc(C(C)(C)C)cc2)cc1. The van der Waals surface area contributed by atoms with Crippen molar-refractivity contribution in [2.24, 2.45) is 7.05 Å². The fraction of sp³-hybridized carbons (Fsp3) is 0.321. The Hall–Kier alpha value is -3.77. The van der Waals surface area contributed by atoms with E-state index in [1.165, 1.54) is 17.1 Å². The molecule has 10 nitrogen and oxygen atoms in total. The van der Waals surface area contributed by atoms with Crippen molar-refractivity contribution in [1.29, 1.82) is 0 Å². The van der Waals surface area contributed by atoms with Crippen molar-refractivity contribution in [3.8, 4) is 23.0 Å². The van der Waals surface area contributed by atoms with E-state index in [-0.39, 0.29) is 41.2 Å². The van der Waals surface area contributed by atoms with E-state index in [4.69, 9.17) is 9.47 Å². The van der Waals surface area contributed by atoms with Gasteiger partial charge in [0.1, 0.15) is 19.0 Å². The first kappa shape index (κ1) is 29.2. The number of nitrogens with zero attached hydrogens (tertiary/aromatic N) is 4. The van der Waals surface area contributed by atoms with E-state index in [1.807, 2.05) is 43.3 Å². The first-order valence-corrected chi connectivity index (χ1v) is 15.6. The summed E-state index contributed by atoms with van der Waals surface area (Å²) in [5, 5.41) is 4.46. The lowest BCUT2D eigenvalue weighted by Gasteiger charge is -2.19. The summed E-state index contributed by atoms with van der Waals surface area (Å²) in [6.07, 6.45) is 4.44. The molecule has 0 aliphatic heterocycles. The molecule has 2 aromatic carbocycles. The summed E-state index contributed by atoms with van der Waals surface area (Å²) < 4.78 is 53.9. The zero-order valence-corrected chi connectivity index (χ0v) is 25.0. The molecule has 0 radical (unpaired) electrons. The van der Waals surface area contributed by atoms with Crippen molar-refractivity contribution in [3.63, 3.8) is 0 Å². The highest BCUT2D eigenvalue weighted by Gasteiger charge is 2.25. The van der Waals surface area contributed by atoms with Gasteiger partial charge in [-0.05, 0) is 35.6 Å². The Kier molecular flexibility index (Phi) is 8.59. The largest absolute Gasteiger partial charge is 0.472 e. The van der Waals surface area contributed by atoms with Gasteiger partial charge in [-0.15, -0.1) is 5.10 Å². The number of rotatable bonds is 10. The third-order valence-electron chi connectivity index (χ3n) is 6.11. The second-order valence-corrected chi connectivity index (χ2v) is 13.3. The Labute approximate surface area is 237 Å². The average molecular weight is 584 g/mol. The second kappa shape index (κ2) is 11.8. The summed E-state index contributed by atoms with van der Waals surface area (Å²) in [5.41, 5.74) is 3.23. The molecule has 0 saturated heterocycles. The molecule has 1 unspecified atom stereocenters. The molecule has 212 valence electrons. The fourth-order valence-electron chi connectivity index (χ4n) is 3.82. The molecule has 0 bridgehead atoms. The van der Waals surface area contributed by atoms with Crippen LogP contribution in [0.25, 0.3) is 11.1 Å². The van der Waals surface area contributed by atoms with Crippen LogP contribution in [0.4, 0.5) is 5.82 Å². The standard InChI is InChI=1S/C28H33N5O5S2/c1-19-7-9-20(10-8-19)24-25(32-40(35,36)23-13-11-21(12-14-23)28(2,3)4)33(5)31-26(24)37-15-16-38-27-29-17-22(18-30-27)39(6)34/h7-14,17-18,32H,15-16H2,1-6H3. The number of nitrogens with one attached hydrogen (secondary N) is 1. The van der Waals surface area contributed by atoms with E-state index in [1.54, 1.807) is 25.4 Å². The van der Waals surface area contributed by atoms with Crippen LogP contribution in [0.1, 0.15) is 31.9 Å². The summed E-state index contributed by atoms with van der Waals surface area (Å²) >= 11 is 0. The van der Waals surface area contributed by atoms with Crippen LogP contribution in [-0.4, -0.2) is 51.8 Å². The number of hydrogen-bond donors (Lipinski definition) is 1. The van der Waals surface area contributed by atoms with Crippen molar-refractivity contribution in [3.05, 3.63) is 72.1 Å². The third kappa shape index (κ3) is 6.86. The molecule has 2 aromatic heterocycles. The highest BCUT2D eigenvalue weighted by atomic mass is 32.2. The molecule has 40 heavy (non-hydrogen) atoms. The first-order chi connectivity index (χ1) is 18.8. The van der Waals surface area contributed by atoms with Crippen LogP contribution in [0.3, 0.4) is 0 Å². The number of anilines is 1. The van der Waals surface area contributed by atoms with Gasteiger partial charge in [-0.25, -0.2) is 23.1 Å². The quantitative estimate of drug-likeness (QED) is 0.271. The normalized spacial score (nSPS) is 12.7. The van der Waals surface area contributed by atoms with Gasteiger partial charge in [0.15, 0.2) is 0 Å². The lowest BCUT2D eigenvalue weighted by Crippen LogP contribution is -2.17. The Bertz CT molecular complexity index is 1590. The van der Waals surface area contributed by atoms with Crippen molar-refractivity contribution in [2.45, 2.75) is 42.9 Å². The van der Waals surface area contributed by atoms with E-state index < -0.39 is 20.8 Å². The number of benzene rings is 2. The van der Waals surface area contributed by atoms with E-state index >= 15 is 0 Å². The van der Waals surface area contributed by atoms with Gasteiger partial charge >= 0.3 is 6.01 Å². The maximum atomic E-state index is 13.4. The maximum Gasteiger partial charge on any atom is 0.316 e. The molecule has 0 aliphatic rings. The summed E-state index contributed by atoms with van der Waals surface area (Å²) in [7, 11) is -3.46. The topological polar surface area (TPSA) is 125 Å². The van der Waals surface area contributed by atoms with Crippen LogP contribution in [0, 0.1) is 6.92 Å². The number of aryl methyl sites for hydroxylation is 2. The van der Waals surface area contributed by atoms with Gasteiger partial charge in [0, 0.05) is 13.3 Å². The Morgan fingerprint density at radius 2 is 1.55 bits per heavy atom. The molecule has 12 heteroatoms. The number of aromatic nitrogens is 4. The monoisotopic (exact) mass is 583 g/mol. The van der Waals surface area contributed by atoms with Crippen molar-refractivity contribution < 1.29 is 22.1 Å². The molecule has 1 atom stereocenters. The zero-order valence-electron chi connectivity index (χ0n) is 23.3. The van der Waals surface area contributed by atoms with Crippen LogP contribution >= 0.6 is 0 Å². The van der Waals surface area contributed by atoms with Crippen LogP contribution in [0.15, 0.2) is 70.7 Å². The molecule has 4 aromatic rings. The van der Waals surface area contributed by atoms with Gasteiger partial charge in [0.25, 0.3) is 10.0 Å². The highest BCUT2D eigenvalue weighted by molar-refractivity contribution is 7.92. The molecule has 0 fully saturated rings. The summed E-state index contributed by atoms with van der Waals surface area (Å²) in [5.74, 6) is 0.513. The van der Waals surface area contributed by atoms with E-state index in [2.05, 4.69) is 40.6 Å². The molecular formula is C28H33N5O5S2. The van der Waals surface area contributed by atoms with Gasteiger partial charge in [-0.1, -0.05) is 62.7 Å². The number of sulfonamides is 1. The van der Waals surface area contributed by atoms with E-state index in [9.17, 15) is 12.6 Å². The Balaban J connectivity index is 1.57. The molecule has 0 aliphatic carbocycles. The Morgan fingerprint density at radius 3 is 2.12 bits per heavy atom. The predicted octanol–water partition coefficient (Wildman–Crippen LogP) is 4.48. The van der Waals surface area contributed by atoms with Crippen LogP contribution < -0.4 is 14.2 Å². The van der Waals surface area contributed by atoms with Crippen molar-refractivity contribution in [2.75, 3.05) is 24.2 Å². The third-order valence-corrected chi connectivity index (χ3v) is 8.34. The molecular weight excluding hydrogens is 550 g/mol.